The molecule has 0 fully saturated rings. The molecule has 0 bridgehead atoms. The number of hydrogen-bond acceptors (Lipinski definition) is 3. The first-order valence-corrected chi connectivity index (χ1v) is 4.07. The molecular weight excluding hydrogens is 180 g/mol. The number of carbonyl (C=O) groups excluding carboxylic acids is 2. The van der Waals surface area contributed by atoms with Crippen molar-refractivity contribution in [2.24, 2.45) is 0 Å². The van der Waals surface area contributed by atoms with Crippen LogP contribution in [-0.2, 0) is 9.59 Å². The van der Waals surface area contributed by atoms with Crippen molar-refractivity contribution in [2.45, 2.75) is 0 Å². The second-order valence-corrected chi connectivity index (χ2v) is 2.73. The molecule has 69 valence electrons. The molecule has 1 radical (unpaired) electrons. The fourth-order valence-electron chi connectivity index (χ4n) is 1.09. The van der Waals surface area contributed by atoms with Crippen LogP contribution >= 0.6 is 0 Å². The van der Waals surface area contributed by atoms with Crippen LogP contribution in [0.3, 0.4) is 0 Å². The van der Waals surface area contributed by atoms with Crippen LogP contribution in [0.15, 0.2) is 36.4 Å². The Morgan fingerprint density at radius 1 is 1.14 bits per heavy atom. The van der Waals surface area contributed by atoms with Crippen LogP contribution in [0.25, 0.3) is 0 Å². The van der Waals surface area contributed by atoms with Crippen LogP contribution in [0.2, 0.25) is 0 Å². The Labute approximate surface area is 80.8 Å². The van der Waals surface area contributed by atoms with Crippen molar-refractivity contribution in [1.82, 2.24) is 5.01 Å². The quantitative estimate of drug-likeness (QED) is 0.694. The Morgan fingerprint density at radius 3 is 2.43 bits per heavy atom. The highest BCUT2D eigenvalue weighted by atomic mass is 16.2. The number of anilines is 1. The molecule has 1 aliphatic rings. The summed E-state index contributed by atoms with van der Waals surface area (Å²) in [5.41, 5.74) is 3.24. The molecule has 0 spiro atoms. The van der Waals surface area contributed by atoms with Gasteiger partial charge >= 0.3 is 0 Å². The van der Waals surface area contributed by atoms with E-state index in [0.717, 1.165) is 5.01 Å². The topological polar surface area (TPSA) is 49.4 Å². The average molecular weight is 187 g/mol. The number of hydrazine groups is 1. The summed E-state index contributed by atoms with van der Waals surface area (Å²) in [5.74, 6) is -0.737. The number of amides is 2. The number of benzene rings is 1. The minimum Gasteiger partial charge on any atom is -0.288 e. The van der Waals surface area contributed by atoms with Crippen LogP contribution in [0.1, 0.15) is 0 Å². The van der Waals surface area contributed by atoms with E-state index in [0.29, 0.717) is 5.69 Å². The summed E-state index contributed by atoms with van der Waals surface area (Å²) in [5, 5.41) is 0.936. The van der Waals surface area contributed by atoms with Gasteiger partial charge < -0.3 is 0 Å². The predicted molar refractivity (Wildman–Crippen MR) is 49.9 cm³/mol. The summed E-state index contributed by atoms with van der Waals surface area (Å²) in [6.07, 6.45) is 2.44. The fraction of sp³-hybridized carbons (Fsp3) is 0. The molecule has 0 saturated carbocycles. The van der Waals surface area contributed by atoms with Gasteiger partial charge in [0.25, 0.3) is 11.8 Å². The van der Waals surface area contributed by atoms with Gasteiger partial charge in [0.05, 0.1) is 5.69 Å². The molecule has 0 atom stereocenters. The van der Waals surface area contributed by atoms with Gasteiger partial charge in [0.15, 0.2) is 0 Å². The van der Waals surface area contributed by atoms with E-state index in [-0.39, 0.29) is 11.8 Å². The molecule has 1 aromatic rings. The van der Waals surface area contributed by atoms with Gasteiger partial charge in [0.2, 0.25) is 0 Å². The first-order chi connectivity index (χ1) is 6.77. The van der Waals surface area contributed by atoms with Crippen LogP contribution in [0, 0.1) is 6.07 Å². The van der Waals surface area contributed by atoms with E-state index >= 15 is 0 Å². The van der Waals surface area contributed by atoms with Gasteiger partial charge in [-0.25, -0.2) is 0 Å². The minimum atomic E-state index is -0.368. The number of nitrogens with one attached hydrogen (secondary N) is 1. The summed E-state index contributed by atoms with van der Waals surface area (Å²) in [7, 11) is 0. The highest BCUT2D eigenvalue weighted by Crippen LogP contribution is 2.09. The van der Waals surface area contributed by atoms with Crippen molar-refractivity contribution in [3.8, 4) is 0 Å². The van der Waals surface area contributed by atoms with Gasteiger partial charge in [-0.3, -0.25) is 15.0 Å². The standard InChI is InChI=1S/C10H7N2O2/c13-9-6-7-10(14)12(9)11-8-4-2-1-3-5-8/h1-4,6-7,11H. The molecule has 4 heteroatoms. The highest BCUT2D eigenvalue weighted by Gasteiger charge is 2.23. The fourth-order valence-corrected chi connectivity index (χ4v) is 1.09. The van der Waals surface area contributed by atoms with E-state index in [4.69, 9.17) is 0 Å². The number of nitrogens with zero attached hydrogens (tertiary/aromatic N) is 1. The first kappa shape index (κ1) is 8.50. The van der Waals surface area contributed by atoms with Crippen LogP contribution < -0.4 is 5.43 Å². The lowest BCUT2D eigenvalue weighted by atomic mass is 10.3. The smallest absolute Gasteiger partial charge is 0.272 e. The lowest BCUT2D eigenvalue weighted by molar-refractivity contribution is -0.135. The van der Waals surface area contributed by atoms with E-state index in [2.05, 4.69) is 11.5 Å². The average Bonchev–Trinajstić information content (AvgIpc) is 2.51. The number of imide groups is 1. The predicted octanol–water partition coefficient (Wildman–Crippen LogP) is 0.739. The van der Waals surface area contributed by atoms with Crippen molar-refractivity contribution < 1.29 is 9.59 Å². The van der Waals surface area contributed by atoms with Crippen LogP contribution in [0.5, 0.6) is 0 Å². The monoisotopic (exact) mass is 187 g/mol. The van der Waals surface area contributed by atoms with Crippen molar-refractivity contribution in [1.29, 1.82) is 0 Å². The molecular formula is C10H7N2O2. The Balaban J connectivity index is 2.13. The third kappa shape index (κ3) is 1.50. The van der Waals surface area contributed by atoms with Crippen molar-refractivity contribution in [3.05, 3.63) is 42.5 Å². The number of rotatable bonds is 2. The van der Waals surface area contributed by atoms with E-state index in [1.807, 2.05) is 0 Å². The summed E-state index contributed by atoms with van der Waals surface area (Å²) < 4.78 is 0. The van der Waals surface area contributed by atoms with Gasteiger partial charge in [-0.15, -0.1) is 0 Å². The van der Waals surface area contributed by atoms with Gasteiger partial charge in [-0.1, -0.05) is 18.2 Å². The SMILES string of the molecule is O=C1C=CC(=O)N1Nc1[c]cccc1. The van der Waals surface area contributed by atoms with Crippen molar-refractivity contribution >= 4 is 17.5 Å². The Bertz CT molecular complexity index is 380. The largest absolute Gasteiger partial charge is 0.288 e. The first-order valence-electron chi connectivity index (χ1n) is 4.07. The second kappa shape index (κ2) is 3.33. The maximum absolute atomic E-state index is 11.1. The van der Waals surface area contributed by atoms with E-state index in [9.17, 15) is 9.59 Å². The molecule has 0 aromatic heterocycles. The molecule has 0 saturated heterocycles. The van der Waals surface area contributed by atoms with Gasteiger partial charge in [0, 0.05) is 18.2 Å². The number of hydrogen-bond donors (Lipinski definition) is 1. The third-order valence-electron chi connectivity index (χ3n) is 1.75. The lowest BCUT2D eigenvalue weighted by Crippen LogP contribution is -2.35. The van der Waals surface area contributed by atoms with Crippen molar-refractivity contribution in [3.63, 3.8) is 0 Å². The zero-order chi connectivity index (χ0) is 9.97. The van der Waals surface area contributed by atoms with Crippen LogP contribution in [0.4, 0.5) is 5.69 Å². The molecule has 4 nitrogen and oxygen atoms in total. The van der Waals surface area contributed by atoms with Crippen LogP contribution in [-0.4, -0.2) is 16.8 Å². The molecule has 2 amide bonds. The molecule has 0 aliphatic carbocycles. The third-order valence-corrected chi connectivity index (χ3v) is 1.75. The zero-order valence-electron chi connectivity index (χ0n) is 7.23. The maximum Gasteiger partial charge on any atom is 0.272 e. The van der Waals surface area contributed by atoms with E-state index in [1.54, 1.807) is 24.3 Å². The Kier molecular flexibility index (Phi) is 2.02. The van der Waals surface area contributed by atoms with Crippen molar-refractivity contribution in [2.75, 3.05) is 5.43 Å². The molecule has 1 N–H and O–H groups in total. The molecule has 14 heavy (non-hydrogen) atoms. The van der Waals surface area contributed by atoms with E-state index < -0.39 is 0 Å². The molecule has 1 aromatic carbocycles. The van der Waals surface area contributed by atoms with Gasteiger partial charge in [-0.05, 0) is 6.07 Å². The maximum atomic E-state index is 11.1. The Hall–Kier alpha value is -2.10. The molecule has 1 heterocycles. The molecule has 2 rings (SSSR count). The number of para-hydroxylation sites is 1. The lowest BCUT2D eigenvalue weighted by Gasteiger charge is -2.15. The van der Waals surface area contributed by atoms with E-state index in [1.165, 1.54) is 12.2 Å². The van der Waals surface area contributed by atoms with Gasteiger partial charge in [-0.2, -0.15) is 5.01 Å². The molecule has 0 unspecified atom stereocenters. The zero-order valence-corrected chi connectivity index (χ0v) is 7.23. The molecule has 1 aliphatic heterocycles. The van der Waals surface area contributed by atoms with Gasteiger partial charge in [0.1, 0.15) is 0 Å². The normalized spacial score (nSPS) is 15.0. The highest BCUT2D eigenvalue weighted by molar-refractivity contribution is 6.13. The summed E-state index contributed by atoms with van der Waals surface area (Å²) in [6.45, 7) is 0. The summed E-state index contributed by atoms with van der Waals surface area (Å²) in [4.78, 5) is 22.3. The Morgan fingerprint density at radius 2 is 1.86 bits per heavy atom. The minimum absolute atomic E-state index is 0.368. The second-order valence-electron chi connectivity index (χ2n) is 2.73. The number of carbonyl (C=O) groups is 2. The summed E-state index contributed by atoms with van der Waals surface area (Å²) in [6, 6.07) is 9.86. The summed E-state index contributed by atoms with van der Waals surface area (Å²) >= 11 is 0.